The fourth-order valence-corrected chi connectivity index (χ4v) is 9.04. The molecular weight excluding hydrogens is 757 g/mol. The van der Waals surface area contributed by atoms with Gasteiger partial charge < -0.3 is 9.13 Å². The molecule has 12 rings (SSSR count). The Bertz CT molecular complexity index is 3300. The molecule has 0 N–H and O–H groups in total. The van der Waals surface area contributed by atoms with Gasteiger partial charge in [-0.1, -0.05) is 121 Å². The lowest BCUT2D eigenvalue weighted by Gasteiger charge is -2.16. The van der Waals surface area contributed by atoms with Crippen molar-refractivity contribution < 1.29 is 0 Å². The van der Waals surface area contributed by atoms with Crippen molar-refractivity contribution in [3.63, 3.8) is 0 Å². The monoisotopic (exact) mass is 792 g/mol. The highest BCUT2D eigenvalue weighted by molar-refractivity contribution is 6.10. The number of fused-ring (bicyclic) bond motifs is 6. The van der Waals surface area contributed by atoms with Crippen LogP contribution in [-0.2, 0) is 0 Å². The lowest BCUT2D eigenvalue weighted by Crippen LogP contribution is -2.01. The van der Waals surface area contributed by atoms with E-state index in [0.717, 1.165) is 83.8 Å². The van der Waals surface area contributed by atoms with Crippen LogP contribution in [0.5, 0.6) is 0 Å². The van der Waals surface area contributed by atoms with E-state index in [4.69, 9.17) is 9.97 Å². The average Bonchev–Trinajstić information content (AvgIpc) is 3.88. The lowest BCUT2D eigenvalue weighted by atomic mass is 10.0. The fraction of sp³-hybridized carbons (Fsp3) is 0. The number of para-hydroxylation sites is 4. The van der Waals surface area contributed by atoms with E-state index in [0.29, 0.717) is 5.82 Å². The maximum Gasteiger partial charge on any atom is 0.160 e. The first-order valence-corrected chi connectivity index (χ1v) is 20.8. The van der Waals surface area contributed by atoms with Crippen LogP contribution in [0, 0.1) is 0 Å². The molecular formula is C56H36N6. The molecule has 7 aromatic carbocycles. The largest absolute Gasteiger partial charge is 0.309 e. The molecule has 0 aliphatic carbocycles. The van der Waals surface area contributed by atoms with Crippen molar-refractivity contribution in [3.05, 3.63) is 219 Å². The van der Waals surface area contributed by atoms with E-state index in [1.165, 1.54) is 21.5 Å². The Kier molecular flexibility index (Phi) is 8.38. The van der Waals surface area contributed by atoms with Gasteiger partial charge in [0.05, 0.1) is 33.5 Å². The Balaban J connectivity index is 1.14. The molecule has 0 saturated heterocycles. The standard InChI is InChI=1S/C56H36N6/c1-5-23-52-46(19-1)47-20-2-6-24-53(47)61(52)44-31-43(32-45(33-44)62-54-25-7-3-21-48(54)49-22-4-8-26-55(49)62)51-34-50(39-15-9-13-37(29-39)41-17-11-27-57-35-41)59-56(60-51)40-16-10-14-38(30-40)42-18-12-28-58-36-42/h1-36H. The summed E-state index contributed by atoms with van der Waals surface area (Å²) in [5.74, 6) is 0.635. The number of pyridine rings is 2. The normalized spacial score (nSPS) is 11.5. The Morgan fingerprint density at radius 2 is 0.694 bits per heavy atom. The molecule has 12 aromatic rings. The molecule has 290 valence electrons. The number of nitrogens with zero attached hydrogens (tertiary/aromatic N) is 6. The zero-order chi connectivity index (χ0) is 41.0. The molecule has 6 heteroatoms. The van der Waals surface area contributed by atoms with Crippen molar-refractivity contribution >= 4 is 43.6 Å². The van der Waals surface area contributed by atoms with Crippen LogP contribution >= 0.6 is 0 Å². The molecule has 0 aliphatic heterocycles. The Morgan fingerprint density at radius 1 is 0.290 bits per heavy atom. The van der Waals surface area contributed by atoms with E-state index in [1.807, 2.05) is 24.5 Å². The zero-order valence-electron chi connectivity index (χ0n) is 33.5. The minimum atomic E-state index is 0.635. The van der Waals surface area contributed by atoms with Gasteiger partial charge in [-0.3, -0.25) is 9.97 Å². The molecule has 5 heterocycles. The molecule has 0 saturated carbocycles. The molecule has 6 nitrogen and oxygen atoms in total. The summed E-state index contributed by atoms with van der Waals surface area (Å²) in [7, 11) is 0. The van der Waals surface area contributed by atoms with Crippen molar-refractivity contribution in [2.24, 2.45) is 0 Å². The fourth-order valence-electron chi connectivity index (χ4n) is 9.04. The molecule has 0 amide bonds. The maximum atomic E-state index is 5.45. The first-order chi connectivity index (χ1) is 30.7. The second-order valence-corrected chi connectivity index (χ2v) is 15.6. The number of benzene rings is 7. The molecule has 0 bridgehead atoms. The highest BCUT2D eigenvalue weighted by Crippen LogP contribution is 2.39. The van der Waals surface area contributed by atoms with Crippen molar-refractivity contribution in [2.45, 2.75) is 0 Å². The smallest absolute Gasteiger partial charge is 0.160 e. The number of hydrogen-bond donors (Lipinski definition) is 0. The highest BCUT2D eigenvalue weighted by Gasteiger charge is 2.19. The van der Waals surface area contributed by atoms with E-state index in [-0.39, 0.29) is 0 Å². The summed E-state index contributed by atoms with van der Waals surface area (Å²) in [4.78, 5) is 19.6. The molecule has 0 unspecified atom stereocenters. The molecule has 0 aliphatic rings. The van der Waals surface area contributed by atoms with Crippen LogP contribution in [0.1, 0.15) is 0 Å². The Morgan fingerprint density at radius 3 is 1.16 bits per heavy atom. The average molecular weight is 793 g/mol. The molecule has 0 spiro atoms. The zero-order valence-corrected chi connectivity index (χ0v) is 33.5. The van der Waals surface area contributed by atoms with Crippen molar-refractivity contribution in [2.75, 3.05) is 0 Å². The third-order valence-corrected chi connectivity index (χ3v) is 11.9. The van der Waals surface area contributed by atoms with Gasteiger partial charge in [-0.25, -0.2) is 9.97 Å². The SMILES string of the molecule is c1cncc(-c2cccc(-c3cc(-c4cc(-n5c6ccccc6c6ccccc65)cc(-n5c6ccccc6c6ccccc65)c4)nc(-c4cccc(-c5cccnc5)c4)n3)c2)c1. The minimum Gasteiger partial charge on any atom is -0.309 e. The van der Waals surface area contributed by atoms with Gasteiger partial charge >= 0.3 is 0 Å². The van der Waals surface area contributed by atoms with Crippen LogP contribution < -0.4 is 0 Å². The van der Waals surface area contributed by atoms with Gasteiger partial charge in [-0.05, 0) is 83.9 Å². The van der Waals surface area contributed by atoms with Crippen LogP contribution in [0.3, 0.4) is 0 Å². The second kappa shape index (κ2) is 14.7. The minimum absolute atomic E-state index is 0.635. The summed E-state index contributed by atoms with van der Waals surface area (Å²) in [5, 5.41) is 4.84. The molecule has 5 aromatic heterocycles. The first kappa shape index (κ1) is 35.5. The Labute approximate surface area is 357 Å². The van der Waals surface area contributed by atoms with E-state index in [1.54, 1.807) is 12.4 Å². The maximum absolute atomic E-state index is 5.45. The third-order valence-electron chi connectivity index (χ3n) is 11.9. The topological polar surface area (TPSA) is 61.4 Å². The number of rotatable bonds is 7. The quantitative estimate of drug-likeness (QED) is 0.161. The molecule has 0 fully saturated rings. The second-order valence-electron chi connectivity index (χ2n) is 15.6. The van der Waals surface area contributed by atoms with Crippen LogP contribution in [0.4, 0.5) is 0 Å². The molecule has 62 heavy (non-hydrogen) atoms. The summed E-state index contributed by atoms with van der Waals surface area (Å²) in [5.41, 5.74) is 15.3. The van der Waals surface area contributed by atoms with Gasteiger partial charge in [0.1, 0.15) is 0 Å². The van der Waals surface area contributed by atoms with Gasteiger partial charge in [0.2, 0.25) is 0 Å². The van der Waals surface area contributed by atoms with E-state index in [2.05, 4.69) is 201 Å². The Hall–Kier alpha value is -8.48. The van der Waals surface area contributed by atoms with Gasteiger partial charge in [0.15, 0.2) is 5.82 Å². The van der Waals surface area contributed by atoms with E-state index < -0.39 is 0 Å². The molecule has 0 atom stereocenters. The van der Waals surface area contributed by atoms with Crippen LogP contribution in [0.15, 0.2) is 219 Å². The van der Waals surface area contributed by atoms with Crippen molar-refractivity contribution in [1.82, 2.24) is 29.1 Å². The number of hydrogen-bond acceptors (Lipinski definition) is 4. The van der Waals surface area contributed by atoms with Crippen molar-refractivity contribution in [1.29, 1.82) is 0 Å². The summed E-state index contributed by atoms with van der Waals surface area (Å²) in [6.45, 7) is 0. The molecule has 0 radical (unpaired) electrons. The number of aromatic nitrogens is 6. The van der Waals surface area contributed by atoms with Crippen LogP contribution in [0.2, 0.25) is 0 Å². The summed E-state index contributed by atoms with van der Waals surface area (Å²) < 4.78 is 4.78. The summed E-state index contributed by atoms with van der Waals surface area (Å²) >= 11 is 0. The summed E-state index contributed by atoms with van der Waals surface area (Å²) in [6.07, 6.45) is 7.39. The highest BCUT2D eigenvalue weighted by atomic mass is 15.0. The van der Waals surface area contributed by atoms with Crippen LogP contribution in [-0.4, -0.2) is 29.1 Å². The predicted molar refractivity (Wildman–Crippen MR) is 253 cm³/mol. The van der Waals surface area contributed by atoms with Gasteiger partial charge in [-0.15, -0.1) is 0 Å². The first-order valence-electron chi connectivity index (χ1n) is 20.8. The van der Waals surface area contributed by atoms with E-state index >= 15 is 0 Å². The third kappa shape index (κ3) is 6.04. The summed E-state index contributed by atoms with van der Waals surface area (Å²) in [6, 6.07) is 68.8. The predicted octanol–water partition coefficient (Wildman–Crippen LogP) is 13.8. The van der Waals surface area contributed by atoms with Gasteiger partial charge in [0.25, 0.3) is 0 Å². The van der Waals surface area contributed by atoms with Crippen molar-refractivity contribution in [3.8, 4) is 67.5 Å². The van der Waals surface area contributed by atoms with Gasteiger partial charge in [-0.2, -0.15) is 0 Å². The van der Waals surface area contributed by atoms with E-state index in [9.17, 15) is 0 Å². The van der Waals surface area contributed by atoms with Gasteiger partial charge in [0, 0.05) is 85.5 Å². The lowest BCUT2D eigenvalue weighted by molar-refractivity contribution is 1.13. The van der Waals surface area contributed by atoms with Crippen LogP contribution in [0.25, 0.3) is 111 Å².